The lowest BCUT2D eigenvalue weighted by atomic mass is 10.0. The van der Waals surface area contributed by atoms with Crippen molar-refractivity contribution in [2.45, 2.75) is 258 Å². The summed E-state index contributed by atoms with van der Waals surface area (Å²) in [4.78, 5) is 55.0. The fourth-order valence-electron chi connectivity index (χ4n) is 8.36. The molecular formula is C52H98N2O8. The van der Waals surface area contributed by atoms with Gasteiger partial charge in [-0.25, -0.2) is 0 Å². The van der Waals surface area contributed by atoms with Crippen LogP contribution in [0.15, 0.2) is 0 Å². The minimum Gasteiger partial charge on any atom is -0.466 e. The van der Waals surface area contributed by atoms with E-state index in [2.05, 4.69) is 32.6 Å². The molecule has 0 aromatic rings. The topological polar surface area (TPSA) is 112 Å². The number of esters is 4. The van der Waals surface area contributed by atoms with E-state index < -0.39 is 6.04 Å². The van der Waals surface area contributed by atoms with Gasteiger partial charge in [0.1, 0.15) is 18.2 Å². The number of ether oxygens (including phenoxy) is 4. The number of rotatable bonds is 43. The van der Waals surface area contributed by atoms with E-state index in [0.717, 1.165) is 95.8 Å². The SMILES string of the molecule is CCCCCCCCC(CCCCCCCC)OC(=O)CCCCCCCOC(=O)[C@@H]1CC(OC(=O)CCN(C)C)CN1CCCCCC(=O)OCCCCCCCCC(C)C. The summed E-state index contributed by atoms with van der Waals surface area (Å²) in [6.07, 6.45) is 33.7. The van der Waals surface area contributed by atoms with Crippen molar-refractivity contribution in [2.24, 2.45) is 5.92 Å². The van der Waals surface area contributed by atoms with Gasteiger partial charge in [0.15, 0.2) is 0 Å². The molecule has 0 aliphatic carbocycles. The van der Waals surface area contributed by atoms with Gasteiger partial charge in [-0.15, -0.1) is 0 Å². The van der Waals surface area contributed by atoms with Crippen LogP contribution in [0.2, 0.25) is 0 Å². The Hall–Kier alpha value is -2.20. The molecule has 0 bridgehead atoms. The quantitative estimate of drug-likeness (QED) is 0.0333. The largest absolute Gasteiger partial charge is 0.466 e. The fourth-order valence-corrected chi connectivity index (χ4v) is 8.36. The third-order valence-electron chi connectivity index (χ3n) is 12.3. The average molecular weight is 879 g/mol. The minimum atomic E-state index is -0.446. The number of hydrogen-bond acceptors (Lipinski definition) is 10. The lowest BCUT2D eigenvalue weighted by Crippen LogP contribution is -2.38. The number of carbonyl (C=O) groups excluding carboxylic acids is 4. The average Bonchev–Trinajstić information content (AvgIpc) is 3.64. The summed E-state index contributed by atoms with van der Waals surface area (Å²) in [6, 6.07) is -0.446. The molecule has 0 amide bonds. The van der Waals surface area contributed by atoms with E-state index in [-0.39, 0.29) is 36.1 Å². The van der Waals surface area contributed by atoms with Gasteiger partial charge in [0.2, 0.25) is 0 Å². The van der Waals surface area contributed by atoms with Crippen molar-refractivity contribution >= 4 is 23.9 Å². The van der Waals surface area contributed by atoms with Gasteiger partial charge in [0, 0.05) is 32.4 Å². The molecule has 1 aliphatic heterocycles. The second kappa shape index (κ2) is 40.3. The maximum absolute atomic E-state index is 13.3. The molecular weight excluding hydrogens is 781 g/mol. The Kier molecular flexibility index (Phi) is 37.6. The highest BCUT2D eigenvalue weighted by atomic mass is 16.6. The van der Waals surface area contributed by atoms with Crippen LogP contribution in [0.4, 0.5) is 0 Å². The molecule has 0 spiro atoms. The molecule has 0 radical (unpaired) electrons. The first-order valence-corrected chi connectivity index (χ1v) is 26.2. The molecule has 0 aromatic heterocycles. The summed E-state index contributed by atoms with van der Waals surface area (Å²) >= 11 is 0. The Bertz CT molecular complexity index is 1080. The smallest absolute Gasteiger partial charge is 0.323 e. The second-order valence-electron chi connectivity index (χ2n) is 19.2. The second-order valence-corrected chi connectivity index (χ2v) is 19.2. The molecule has 1 saturated heterocycles. The lowest BCUT2D eigenvalue weighted by Gasteiger charge is -2.22. The number of nitrogens with zero attached hydrogens (tertiary/aromatic N) is 2. The van der Waals surface area contributed by atoms with Crippen LogP contribution in [-0.2, 0) is 38.1 Å². The van der Waals surface area contributed by atoms with E-state index in [9.17, 15) is 19.2 Å². The highest BCUT2D eigenvalue weighted by molar-refractivity contribution is 5.76. The molecule has 1 fully saturated rings. The Labute approximate surface area is 381 Å². The molecule has 2 atom stereocenters. The molecule has 0 aromatic carbocycles. The zero-order valence-electron chi connectivity index (χ0n) is 41.3. The van der Waals surface area contributed by atoms with Crippen LogP contribution >= 0.6 is 0 Å². The van der Waals surface area contributed by atoms with E-state index in [1.165, 1.54) is 96.3 Å². The highest BCUT2D eigenvalue weighted by Gasteiger charge is 2.39. The van der Waals surface area contributed by atoms with E-state index in [1.807, 2.05) is 19.0 Å². The molecule has 1 aliphatic rings. The first kappa shape index (κ1) is 57.8. The van der Waals surface area contributed by atoms with Crippen LogP contribution < -0.4 is 0 Å². The summed E-state index contributed by atoms with van der Waals surface area (Å²) in [5.74, 6) is 0.106. The number of likely N-dealkylation sites (tertiary alicyclic amines) is 1. The number of hydrogen-bond donors (Lipinski definition) is 0. The maximum atomic E-state index is 13.3. The third-order valence-corrected chi connectivity index (χ3v) is 12.3. The van der Waals surface area contributed by atoms with Crippen LogP contribution in [-0.4, -0.2) is 98.9 Å². The van der Waals surface area contributed by atoms with Gasteiger partial charge in [-0.3, -0.25) is 24.1 Å². The molecule has 364 valence electrons. The lowest BCUT2D eigenvalue weighted by molar-refractivity contribution is -0.151. The van der Waals surface area contributed by atoms with E-state index >= 15 is 0 Å². The maximum Gasteiger partial charge on any atom is 0.323 e. The molecule has 0 saturated carbocycles. The van der Waals surface area contributed by atoms with Gasteiger partial charge in [-0.05, 0) is 84.3 Å². The number of carbonyl (C=O) groups is 4. The van der Waals surface area contributed by atoms with E-state index in [1.54, 1.807) is 0 Å². The predicted octanol–water partition coefficient (Wildman–Crippen LogP) is 12.7. The van der Waals surface area contributed by atoms with Gasteiger partial charge in [0.05, 0.1) is 19.6 Å². The summed E-state index contributed by atoms with van der Waals surface area (Å²) in [7, 11) is 3.85. The monoisotopic (exact) mass is 879 g/mol. The molecule has 10 heteroatoms. The van der Waals surface area contributed by atoms with Gasteiger partial charge >= 0.3 is 23.9 Å². The van der Waals surface area contributed by atoms with Crippen molar-refractivity contribution in [3.8, 4) is 0 Å². The van der Waals surface area contributed by atoms with Crippen molar-refractivity contribution in [3.05, 3.63) is 0 Å². The standard InChI is InChI=1S/C52H98N2O8/c1-7-9-11-13-19-26-34-46(35-27-20-14-12-10-8-2)61-50(56)37-28-21-17-23-32-42-60-52(58)48-43-47(62-51(57)38-40-53(5)6)44-54(48)39-30-24-29-36-49(55)59-41-31-22-16-15-18-25-33-45(3)4/h45-48H,7-44H2,1-6H3/t47?,48-/m0/s1. The molecule has 10 nitrogen and oxygen atoms in total. The van der Waals surface area contributed by atoms with Crippen molar-refractivity contribution < 1.29 is 38.1 Å². The summed E-state index contributed by atoms with van der Waals surface area (Å²) in [5.41, 5.74) is 0. The fraction of sp³-hybridized carbons (Fsp3) is 0.923. The zero-order valence-corrected chi connectivity index (χ0v) is 41.3. The van der Waals surface area contributed by atoms with Crippen LogP contribution in [0.5, 0.6) is 0 Å². The molecule has 1 unspecified atom stereocenters. The predicted molar refractivity (Wildman–Crippen MR) is 254 cm³/mol. The van der Waals surface area contributed by atoms with Crippen LogP contribution in [0, 0.1) is 5.92 Å². The van der Waals surface area contributed by atoms with Gasteiger partial charge in [-0.1, -0.05) is 156 Å². The van der Waals surface area contributed by atoms with Crippen LogP contribution in [0.25, 0.3) is 0 Å². The Morgan fingerprint density at radius 3 is 1.60 bits per heavy atom. The Balaban J connectivity index is 2.39. The zero-order chi connectivity index (χ0) is 45.5. The van der Waals surface area contributed by atoms with Crippen LogP contribution in [0.3, 0.4) is 0 Å². The minimum absolute atomic E-state index is 0.0506. The highest BCUT2D eigenvalue weighted by Crippen LogP contribution is 2.24. The summed E-state index contributed by atoms with van der Waals surface area (Å²) < 4.78 is 23.1. The van der Waals surface area contributed by atoms with E-state index in [0.29, 0.717) is 58.5 Å². The normalized spacial score (nSPS) is 15.5. The molecule has 1 heterocycles. The first-order valence-electron chi connectivity index (χ1n) is 26.2. The van der Waals surface area contributed by atoms with Gasteiger partial charge in [-0.2, -0.15) is 0 Å². The van der Waals surface area contributed by atoms with Crippen molar-refractivity contribution in [1.29, 1.82) is 0 Å². The van der Waals surface area contributed by atoms with Crippen molar-refractivity contribution in [1.82, 2.24) is 9.80 Å². The van der Waals surface area contributed by atoms with E-state index in [4.69, 9.17) is 18.9 Å². The summed E-state index contributed by atoms with van der Waals surface area (Å²) in [6.45, 7) is 11.7. The molecule has 62 heavy (non-hydrogen) atoms. The molecule has 1 rings (SSSR count). The third kappa shape index (κ3) is 34.2. The Morgan fingerprint density at radius 2 is 1.03 bits per heavy atom. The molecule has 0 N–H and O–H groups in total. The first-order chi connectivity index (χ1) is 30.0. The number of unbranched alkanes of at least 4 members (excludes halogenated alkanes) is 21. The van der Waals surface area contributed by atoms with Crippen molar-refractivity contribution in [2.75, 3.05) is 46.9 Å². The van der Waals surface area contributed by atoms with Gasteiger partial charge < -0.3 is 23.8 Å². The van der Waals surface area contributed by atoms with Crippen LogP contribution in [0.1, 0.15) is 240 Å². The van der Waals surface area contributed by atoms with Crippen molar-refractivity contribution in [3.63, 3.8) is 0 Å². The van der Waals surface area contributed by atoms with Gasteiger partial charge in [0.25, 0.3) is 0 Å². The Morgan fingerprint density at radius 1 is 0.548 bits per heavy atom. The summed E-state index contributed by atoms with van der Waals surface area (Å²) in [5, 5.41) is 0.